The van der Waals surface area contributed by atoms with Crippen LogP contribution in [0.5, 0.6) is 0 Å². The molecular weight excluding hydrogens is 442 g/mol. The molecule has 5 nitrogen and oxygen atoms in total. The van der Waals surface area contributed by atoms with Gasteiger partial charge in [-0.3, -0.25) is 9.69 Å². The zero-order chi connectivity index (χ0) is 20.2. The Morgan fingerprint density at radius 2 is 1.81 bits per heavy atom. The van der Waals surface area contributed by atoms with Gasteiger partial charge in [0.05, 0.1) is 11.4 Å². The fourth-order valence-corrected chi connectivity index (χ4v) is 3.65. The fourth-order valence-electron chi connectivity index (χ4n) is 2.46. The number of carbonyl (C=O) groups excluding carboxylic acids is 1. The van der Waals surface area contributed by atoms with E-state index in [9.17, 15) is 22.0 Å². The molecule has 0 aliphatic heterocycles. The maximum absolute atomic E-state index is 12.5. The minimum Gasteiger partial charge on any atom is -0.325 e. The number of nitrogens with one attached hydrogen (secondary N) is 1. The lowest BCUT2D eigenvalue weighted by molar-refractivity contribution is -0.117. The number of anilines is 1. The summed E-state index contributed by atoms with van der Waals surface area (Å²) in [6, 6.07) is 10.8. The van der Waals surface area contributed by atoms with Crippen molar-refractivity contribution in [3.05, 3.63) is 58.1 Å². The third kappa shape index (κ3) is 5.82. The van der Waals surface area contributed by atoms with Crippen LogP contribution in [0.2, 0.25) is 0 Å². The monoisotopic (exact) mass is 460 g/mol. The van der Waals surface area contributed by atoms with Crippen molar-refractivity contribution in [2.45, 2.75) is 24.1 Å². The minimum absolute atomic E-state index is 0.118. The minimum atomic E-state index is -4.60. The van der Waals surface area contributed by atoms with Crippen molar-refractivity contribution in [1.82, 2.24) is 4.90 Å². The first-order chi connectivity index (χ1) is 12.6. The van der Waals surface area contributed by atoms with Crippen molar-refractivity contribution >= 4 is 37.4 Å². The topological polar surface area (TPSA) is 66.5 Å². The van der Waals surface area contributed by atoms with Crippen LogP contribution < -0.4 is 5.32 Å². The number of carbonyl (C=O) groups is 1. The number of sulfone groups is 1. The van der Waals surface area contributed by atoms with Crippen molar-refractivity contribution < 1.29 is 22.0 Å². The molecule has 9 heteroatoms. The molecule has 2 rings (SSSR count). The van der Waals surface area contributed by atoms with Crippen LogP contribution in [0.1, 0.15) is 11.1 Å². The molecule has 1 amide bonds. The summed E-state index contributed by atoms with van der Waals surface area (Å²) in [4.78, 5) is 13.5. The number of alkyl halides is 2. The summed E-state index contributed by atoms with van der Waals surface area (Å²) in [6.07, 6.45) is 0. The molecule has 0 aliphatic rings. The Labute approximate surface area is 165 Å². The molecular formula is C18H19BrF2N2O3S. The fraction of sp³-hybridized carbons (Fsp3) is 0.278. The zero-order valence-corrected chi connectivity index (χ0v) is 17.1. The van der Waals surface area contributed by atoms with Crippen LogP contribution >= 0.6 is 15.9 Å². The second kappa shape index (κ2) is 8.90. The third-order valence-corrected chi connectivity index (χ3v) is 5.71. The van der Waals surface area contributed by atoms with Gasteiger partial charge in [0, 0.05) is 16.7 Å². The SMILES string of the molecule is Cc1cc(Br)ccc1NC(=O)CN(C)Cc1ccc(S(=O)(=O)C(F)F)cc1. The van der Waals surface area contributed by atoms with Crippen LogP contribution in [0.25, 0.3) is 0 Å². The van der Waals surface area contributed by atoms with Gasteiger partial charge in [-0.25, -0.2) is 8.42 Å². The highest BCUT2D eigenvalue weighted by Gasteiger charge is 2.26. The smallest absolute Gasteiger partial charge is 0.325 e. The van der Waals surface area contributed by atoms with Gasteiger partial charge in [-0.05, 0) is 55.4 Å². The highest BCUT2D eigenvalue weighted by Crippen LogP contribution is 2.21. The van der Waals surface area contributed by atoms with Crippen LogP contribution in [-0.2, 0) is 21.2 Å². The van der Waals surface area contributed by atoms with E-state index >= 15 is 0 Å². The Morgan fingerprint density at radius 3 is 2.37 bits per heavy atom. The van der Waals surface area contributed by atoms with E-state index in [1.807, 2.05) is 19.1 Å². The normalized spacial score (nSPS) is 11.8. The Hall–Kier alpha value is -1.84. The summed E-state index contributed by atoms with van der Waals surface area (Å²) in [6.45, 7) is 2.37. The van der Waals surface area contributed by atoms with Gasteiger partial charge in [-0.1, -0.05) is 28.1 Å². The zero-order valence-electron chi connectivity index (χ0n) is 14.7. The average Bonchev–Trinajstić information content (AvgIpc) is 2.57. The van der Waals surface area contributed by atoms with Crippen LogP contribution in [0.4, 0.5) is 14.5 Å². The predicted molar refractivity (Wildman–Crippen MR) is 103 cm³/mol. The first-order valence-electron chi connectivity index (χ1n) is 7.95. The largest absolute Gasteiger partial charge is 0.341 e. The van der Waals surface area contributed by atoms with E-state index in [1.54, 1.807) is 18.0 Å². The Bertz CT molecular complexity index is 919. The molecule has 0 saturated heterocycles. The summed E-state index contributed by atoms with van der Waals surface area (Å²) in [5, 5.41) is 2.83. The maximum Gasteiger partial charge on any atom is 0.341 e. The number of amides is 1. The van der Waals surface area contributed by atoms with Crippen molar-refractivity contribution in [3.63, 3.8) is 0 Å². The lowest BCUT2D eigenvalue weighted by Crippen LogP contribution is -2.30. The van der Waals surface area contributed by atoms with Crippen molar-refractivity contribution in [3.8, 4) is 0 Å². The van der Waals surface area contributed by atoms with Gasteiger partial charge >= 0.3 is 5.76 Å². The van der Waals surface area contributed by atoms with E-state index in [0.717, 1.165) is 27.9 Å². The first kappa shape index (κ1) is 21.5. The van der Waals surface area contributed by atoms with Gasteiger partial charge in [0.1, 0.15) is 0 Å². The summed E-state index contributed by atoms with van der Waals surface area (Å²) >= 11 is 3.36. The number of halogens is 3. The number of nitrogens with zero attached hydrogens (tertiary/aromatic N) is 1. The maximum atomic E-state index is 12.5. The van der Waals surface area contributed by atoms with Crippen molar-refractivity contribution in [2.75, 3.05) is 18.9 Å². The predicted octanol–water partition coefficient (Wildman–Crippen LogP) is 3.82. The molecule has 27 heavy (non-hydrogen) atoms. The molecule has 0 fully saturated rings. The molecule has 0 aromatic heterocycles. The highest BCUT2D eigenvalue weighted by atomic mass is 79.9. The Kier molecular flexibility index (Phi) is 7.07. The molecule has 0 radical (unpaired) electrons. The first-order valence-corrected chi connectivity index (χ1v) is 10.3. The number of aryl methyl sites for hydroxylation is 1. The number of hydrogen-bond acceptors (Lipinski definition) is 4. The van der Waals surface area contributed by atoms with E-state index in [-0.39, 0.29) is 12.5 Å². The lowest BCUT2D eigenvalue weighted by atomic mass is 10.2. The van der Waals surface area contributed by atoms with Crippen molar-refractivity contribution in [2.24, 2.45) is 0 Å². The summed E-state index contributed by atoms with van der Waals surface area (Å²) < 4.78 is 48.8. The van der Waals surface area contributed by atoms with Gasteiger partial charge in [0.2, 0.25) is 15.7 Å². The molecule has 0 heterocycles. The van der Waals surface area contributed by atoms with E-state index in [4.69, 9.17) is 0 Å². The van der Waals surface area contributed by atoms with Crippen molar-refractivity contribution in [1.29, 1.82) is 0 Å². The second-order valence-corrected chi connectivity index (χ2v) is 8.96. The van der Waals surface area contributed by atoms with Crippen LogP contribution in [0, 0.1) is 6.92 Å². The van der Waals surface area contributed by atoms with Crippen LogP contribution in [-0.4, -0.2) is 38.6 Å². The van der Waals surface area contributed by atoms with Gasteiger partial charge in [-0.2, -0.15) is 8.78 Å². The standard InChI is InChI=1S/C18H19BrF2N2O3S/c1-12-9-14(19)5-8-16(12)22-17(24)11-23(2)10-13-3-6-15(7-4-13)27(25,26)18(20)21/h3-9,18H,10-11H2,1-2H3,(H,22,24). The lowest BCUT2D eigenvalue weighted by Gasteiger charge is -2.17. The molecule has 0 aliphatic carbocycles. The molecule has 2 aromatic rings. The van der Waals surface area contributed by atoms with Gasteiger partial charge in [0.25, 0.3) is 0 Å². The Morgan fingerprint density at radius 1 is 1.19 bits per heavy atom. The van der Waals surface area contributed by atoms with E-state index in [0.29, 0.717) is 12.1 Å². The molecule has 0 bridgehead atoms. The third-order valence-electron chi connectivity index (χ3n) is 3.82. The highest BCUT2D eigenvalue weighted by molar-refractivity contribution is 9.10. The summed E-state index contributed by atoms with van der Waals surface area (Å²) in [7, 11) is -2.86. The van der Waals surface area contributed by atoms with Gasteiger partial charge < -0.3 is 5.32 Å². The molecule has 2 aromatic carbocycles. The number of hydrogen-bond donors (Lipinski definition) is 1. The average molecular weight is 461 g/mol. The number of likely N-dealkylation sites (N-methyl/N-ethyl adjacent to an activating group) is 1. The number of benzene rings is 2. The van der Waals surface area contributed by atoms with E-state index in [1.165, 1.54) is 12.1 Å². The quantitative estimate of drug-likeness (QED) is 0.681. The van der Waals surface area contributed by atoms with E-state index < -0.39 is 20.5 Å². The van der Waals surface area contributed by atoms with Crippen LogP contribution in [0.3, 0.4) is 0 Å². The summed E-state index contributed by atoms with van der Waals surface area (Å²) in [5.74, 6) is -3.64. The molecule has 0 atom stereocenters. The van der Waals surface area contributed by atoms with Gasteiger partial charge in [0.15, 0.2) is 0 Å². The second-order valence-electron chi connectivity index (χ2n) is 6.13. The van der Waals surface area contributed by atoms with E-state index in [2.05, 4.69) is 21.2 Å². The molecule has 146 valence electrons. The molecule has 0 unspecified atom stereocenters. The molecule has 0 spiro atoms. The van der Waals surface area contributed by atoms with Crippen LogP contribution in [0.15, 0.2) is 51.8 Å². The van der Waals surface area contributed by atoms with Gasteiger partial charge in [-0.15, -0.1) is 0 Å². The molecule has 0 saturated carbocycles. The Balaban J connectivity index is 1.95. The number of rotatable bonds is 7. The molecule has 1 N–H and O–H groups in total. The summed E-state index contributed by atoms with van der Waals surface area (Å²) in [5.41, 5.74) is 2.35.